The quantitative estimate of drug-likeness (QED) is 0.672. The monoisotopic (exact) mass is 311 g/mol. The average Bonchev–Trinajstić information content (AvgIpc) is 2.99. The van der Waals surface area contributed by atoms with E-state index in [1.54, 1.807) is 7.11 Å². The molecule has 0 unspecified atom stereocenters. The van der Waals surface area contributed by atoms with Crippen LogP contribution in [0.15, 0.2) is 4.52 Å². The molecule has 0 radical (unpaired) electrons. The number of aromatic nitrogens is 2. The Hall–Kier alpha value is -1.51. The molecule has 2 rings (SSSR count). The summed E-state index contributed by atoms with van der Waals surface area (Å²) in [7, 11) is 3.61. The Morgan fingerprint density at radius 2 is 2.27 bits per heavy atom. The van der Waals surface area contributed by atoms with Crippen molar-refractivity contribution in [2.24, 2.45) is 0 Å². The lowest BCUT2D eigenvalue weighted by Gasteiger charge is -2.30. The number of rotatable bonds is 8. The van der Waals surface area contributed by atoms with Gasteiger partial charge in [0.2, 0.25) is 11.8 Å². The second-order valence-corrected chi connectivity index (χ2v) is 5.52. The van der Waals surface area contributed by atoms with E-state index in [0.29, 0.717) is 37.3 Å². The van der Waals surface area contributed by atoms with Crippen molar-refractivity contribution < 1.29 is 14.1 Å². The van der Waals surface area contributed by atoms with Crippen molar-refractivity contribution in [1.82, 2.24) is 25.7 Å². The third kappa shape index (κ3) is 5.36. The lowest BCUT2D eigenvalue weighted by atomic mass is 10.1. The summed E-state index contributed by atoms with van der Waals surface area (Å²) in [5.74, 6) is 0.992. The molecule has 0 aromatic carbocycles. The number of ether oxygens (including phenoxy) is 1. The summed E-state index contributed by atoms with van der Waals surface area (Å²) in [5.41, 5.74) is 0. The van der Waals surface area contributed by atoms with Gasteiger partial charge in [-0.1, -0.05) is 5.16 Å². The van der Waals surface area contributed by atoms with Gasteiger partial charge in [0.25, 0.3) is 0 Å². The van der Waals surface area contributed by atoms with E-state index in [-0.39, 0.29) is 12.5 Å². The zero-order valence-corrected chi connectivity index (χ0v) is 13.3. The minimum absolute atomic E-state index is 0.0238. The third-order valence-electron chi connectivity index (χ3n) is 3.80. The molecule has 0 spiro atoms. The maximum Gasteiger partial charge on any atom is 0.234 e. The van der Waals surface area contributed by atoms with Crippen molar-refractivity contribution in [3.63, 3.8) is 0 Å². The van der Waals surface area contributed by atoms with Gasteiger partial charge in [-0.25, -0.2) is 0 Å². The Bertz CT molecular complexity index is 459. The summed E-state index contributed by atoms with van der Waals surface area (Å²) in [5, 5.41) is 9.98. The highest BCUT2D eigenvalue weighted by atomic mass is 16.5. The fourth-order valence-electron chi connectivity index (χ4n) is 2.49. The first-order chi connectivity index (χ1) is 10.7. The fourth-order valence-corrected chi connectivity index (χ4v) is 2.49. The summed E-state index contributed by atoms with van der Waals surface area (Å²) in [6.07, 6.45) is 2.74. The molecule has 124 valence electrons. The van der Waals surface area contributed by atoms with E-state index in [2.05, 4.69) is 25.7 Å². The Morgan fingerprint density at radius 1 is 1.50 bits per heavy atom. The summed E-state index contributed by atoms with van der Waals surface area (Å²) in [6, 6.07) is 0.470. The van der Waals surface area contributed by atoms with Gasteiger partial charge in [-0.05, 0) is 33.0 Å². The maximum atomic E-state index is 12.0. The summed E-state index contributed by atoms with van der Waals surface area (Å²) in [6.45, 7) is 3.25. The Morgan fingerprint density at radius 3 is 3.00 bits per heavy atom. The Balaban J connectivity index is 1.69. The van der Waals surface area contributed by atoms with Crippen LogP contribution in [0.4, 0.5) is 0 Å². The average molecular weight is 311 g/mol. The molecule has 0 saturated carbocycles. The van der Waals surface area contributed by atoms with Gasteiger partial charge >= 0.3 is 0 Å². The van der Waals surface area contributed by atoms with Crippen LogP contribution in [0.5, 0.6) is 0 Å². The van der Waals surface area contributed by atoms with Gasteiger partial charge in [-0.2, -0.15) is 4.98 Å². The zero-order chi connectivity index (χ0) is 15.8. The first-order valence-corrected chi connectivity index (χ1v) is 7.67. The predicted octanol–water partition coefficient (Wildman–Crippen LogP) is -0.441. The van der Waals surface area contributed by atoms with E-state index in [1.165, 1.54) is 0 Å². The first-order valence-electron chi connectivity index (χ1n) is 7.67. The van der Waals surface area contributed by atoms with Crippen LogP contribution in [-0.2, 0) is 22.5 Å². The maximum absolute atomic E-state index is 12.0. The number of hydrogen-bond acceptors (Lipinski definition) is 7. The molecule has 1 amide bonds. The molecular formula is C14H25N5O3. The van der Waals surface area contributed by atoms with Crippen molar-refractivity contribution in [3.8, 4) is 0 Å². The molecule has 0 atom stereocenters. The van der Waals surface area contributed by atoms with Crippen molar-refractivity contribution in [3.05, 3.63) is 11.7 Å². The molecule has 1 aliphatic rings. The van der Waals surface area contributed by atoms with Gasteiger partial charge in [0.1, 0.15) is 0 Å². The molecule has 0 bridgehead atoms. The van der Waals surface area contributed by atoms with Crippen LogP contribution in [-0.4, -0.2) is 67.4 Å². The van der Waals surface area contributed by atoms with E-state index in [1.807, 2.05) is 7.05 Å². The standard InChI is InChI=1S/C14H25N5O3/c1-19(11-3-6-15-7-4-11)10-13(20)16-9-12-17-14(22-18-12)5-8-21-2/h11,15H,3-10H2,1-2H3,(H,16,20). The molecule has 1 aromatic heterocycles. The second-order valence-electron chi connectivity index (χ2n) is 5.52. The number of nitrogens with one attached hydrogen (secondary N) is 2. The van der Waals surface area contributed by atoms with Crippen LogP contribution in [0.25, 0.3) is 0 Å². The smallest absolute Gasteiger partial charge is 0.234 e. The molecule has 22 heavy (non-hydrogen) atoms. The number of amides is 1. The number of piperidine rings is 1. The van der Waals surface area contributed by atoms with Gasteiger partial charge in [-0.15, -0.1) is 0 Å². The van der Waals surface area contributed by atoms with Crippen LogP contribution in [0.3, 0.4) is 0 Å². The molecule has 8 heteroatoms. The minimum Gasteiger partial charge on any atom is -0.384 e. The van der Waals surface area contributed by atoms with Crippen LogP contribution >= 0.6 is 0 Å². The number of hydrogen-bond donors (Lipinski definition) is 2. The lowest BCUT2D eigenvalue weighted by molar-refractivity contribution is -0.122. The van der Waals surface area contributed by atoms with Crippen LogP contribution in [0.2, 0.25) is 0 Å². The molecule has 2 N–H and O–H groups in total. The number of methoxy groups -OCH3 is 1. The number of carbonyl (C=O) groups is 1. The Labute approximate surface area is 130 Å². The van der Waals surface area contributed by atoms with E-state index in [9.17, 15) is 4.79 Å². The molecule has 1 aliphatic heterocycles. The normalized spacial score (nSPS) is 16.1. The molecule has 1 fully saturated rings. The van der Waals surface area contributed by atoms with Crippen molar-refractivity contribution in [2.45, 2.75) is 31.8 Å². The highest BCUT2D eigenvalue weighted by molar-refractivity contribution is 5.77. The van der Waals surface area contributed by atoms with Crippen molar-refractivity contribution in [1.29, 1.82) is 0 Å². The summed E-state index contributed by atoms with van der Waals surface area (Å²) >= 11 is 0. The van der Waals surface area contributed by atoms with Crippen LogP contribution < -0.4 is 10.6 Å². The van der Waals surface area contributed by atoms with Gasteiger partial charge in [0.05, 0.1) is 26.1 Å². The van der Waals surface area contributed by atoms with E-state index in [0.717, 1.165) is 25.9 Å². The number of nitrogens with zero attached hydrogens (tertiary/aromatic N) is 3. The largest absolute Gasteiger partial charge is 0.384 e. The molecular weight excluding hydrogens is 286 g/mol. The zero-order valence-electron chi connectivity index (χ0n) is 13.3. The molecule has 1 saturated heterocycles. The van der Waals surface area contributed by atoms with E-state index in [4.69, 9.17) is 9.26 Å². The van der Waals surface area contributed by atoms with Gasteiger partial charge < -0.3 is 19.9 Å². The third-order valence-corrected chi connectivity index (χ3v) is 3.80. The second kappa shape index (κ2) is 8.82. The molecule has 0 aliphatic carbocycles. The van der Waals surface area contributed by atoms with Crippen molar-refractivity contribution >= 4 is 5.91 Å². The lowest BCUT2D eigenvalue weighted by Crippen LogP contribution is -2.45. The molecule has 2 heterocycles. The van der Waals surface area contributed by atoms with Crippen molar-refractivity contribution in [2.75, 3.05) is 40.4 Å². The summed E-state index contributed by atoms with van der Waals surface area (Å²) in [4.78, 5) is 18.3. The predicted molar refractivity (Wildman–Crippen MR) is 80.2 cm³/mol. The van der Waals surface area contributed by atoms with Crippen LogP contribution in [0, 0.1) is 0 Å². The topological polar surface area (TPSA) is 92.5 Å². The summed E-state index contributed by atoms with van der Waals surface area (Å²) < 4.78 is 10.0. The van der Waals surface area contributed by atoms with Gasteiger partial charge in [0, 0.05) is 13.2 Å². The SMILES string of the molecule is COCCc1nc(CNC(=O)CN(C)C2CCNCC2)no1. The van der Waals surface area contributed by atoms with E-state index >= 15 is 0 Å². The molecule has 1 aromatic rings. The highest BCUT2D eigenvalue weighted by Crippen LogP contribution is 2.09. The number of likely N-dealkylation sites (N-methyl/N-ethyl adjacent to an activating group) is 1. The van der Waals surface area contributed by atoms with E-state index < -0.39 is 0 Å². The Kier molecular flexibility index (Phi) is 6.75. The minimum atomic E-state index is -0.0238. The highest BCUT2D eigenvalue weighted by Gasteiger charge is 2.19. The van der Waals surface area contributed by atoms with Crippen LogP contribution in [0.1, 0.15) is 24.6 Å². The number of carbonyl (C=O) groups excluding carboxylic acids is 1. The first kappa shape index (κ1) is 16.9. The molecule has 8 nitrogen and oxygen atoms in total. The fraction of sp³-hybridized carbons (Fsp3) is 0.786. The van der Waals surface area contributed by atoms with Gasteiger partial charge in [0.15, 0.2) is 5.82 Å². The van der Waals surface area contributed by atoms with Gasteiger partial charge in [-0.3, -0.25) is 9.69 Å².